The summed E-state index contributed by atoms with van der Waals surface area (Å²) in [4.78, 5) is 11.9. The van der Waals surface area contributed by atoms with Crippen LogP contribution in [-0.2, 0) is 0 Å². The summed E-state index contributed by atoms with van der Waals surface area (Å²) in [5, 5.41) is 12.4. The second kappa shape index (κ2) is 7.45. The van der Waals surface area contributed by atoms with Crippen LogP contribution in [0.25, 0.3) is 0 Å². The zero-order valence-corrected chi connectivity index (χ0v) is 12.3. The molecule has 0 fully saturated rings. The molecule has 1 amide bonds. The minimum Gasteiger partial charge on any atom is -0.507 e. The number of phenols is 1. The van der Waals surface area contributed by atoms with Gasteiger partial charge in [-0.15, -0.1) is 0 Å². The molecule has 5 heteroatoms. The summed E-state index contributed by atoms with van der Waals surface area (Å²) in [5.41, 5.74) is 1.14. The van der Waals surface area contributed by atoms with Crippen LogP contribution in [0, 0.1) is 12.7 Å². The van der Waals surface area contributed by atoms with Crippen molar-refractivity contribution < 1.29 is 19.0 Å². The Bertz CT molecular complexity index is 658. The summed E-state index contributed by atoms with van der Waals surface area (Å²) in [6.07, 6.45) is 0.534. The quantitative estimate of drug-likeness (QED) is 0.806. The summed E-state index contributed by atoms with van der Waals surface area (Å²) in [6, 6.07) is 11.0. The fraction of sp³-hybridized carbons (Fsp3) is 0.235. The maximum atomic E-state index is 13.3. The third kappa shape index (κ3) is 4.22. The van der Waals surface area contributed by atoms with Crippen LogP contribution in [0.2, 0.25) is 0 Å². The molecule has 0 spiro atoms. The van der Waals surface area contributed by atoms with Gasteiger partial charge in [-0.25, -0.2) is 4.39 Å². The van der Waals surface area contributed by atoms with E-state index in [0.29, 0.717) is 19.6 Å². The molecule has 2 N–H and O–H groups in total. The first kappa shape index (κ1) is 15.8. The van der Waals surface area contributed by atoms with Crippen molar-refractivity contribution in [1.82, 2.24) is 5.32 Å². The maximum absolute atomic E-state index is 13.3. The molecule has 0 saturated carbocycles. The van der Waals surface area contributed by atoms with Gasteiger partial charge in [0.1, 0.15) is 5.75 Å². The molecule has 0 saturated heterocycles. The SMILES string of the molecule is Cc1ccc(O)c(C(=O)NCCCOc2ccccc2F)c1. The average molecular weight is 303 g/mol. The first-order valence-electron chi connectivity index (χ1n) is 7.03. The van der Waals surface area contributed by atoms with Crippen LogP contribution >= 0.6 is 0 Å². The number of rotatable bonds is 6. The topological polar surface area (TPSA) is 58.6 Å². The van der Waals surface area contributed by atoms with Crippen molar-refractivity contribution in [2.75, 3.05) is 13.2 Å². The number of benzene rings is 2. The highest BCUT2D eigenvalue weighted by molar-refractivity contribution is 5.96. The number of halogens is 1. The zero-order valence-electron chi connectivity index (χ0n) is 12.3. The molecule has 4 nitrogen and oxygen atoms in total. The van der Waals surface area contributed by atoms with Gasteiger partial charge in [0.2, 0.25) is 0 Å². The van der Waals surface area contributed by atoms with E-state index in [1.807, 2.05) is 6.92 Å². The molecule has 2 aromatic rings. The van der Waals surface area contributed by atoms with Crippen LogP contribution in [0.1, 0.15) is 22.3 Å². The second-order valence-corrected chi connectivity index (χ2v) is 4.91. The molecule has 0 radical (unpaired) electrons. The van der Waals surface area contributed by atoms with E-state index < -0.39 is 5.82 Å². The fourth-order valence-electron chi connectivity index (χ4n) is 1.94. The minimum atomic E-state index is -0.406. The van der Waals surface area contributed by atoms with Crippen molar-refractivity contribution >= 4 is 5.91 Å². The first-order valence-corrected chi connectivity index (χ1v) is 7.03. The number of aromatic hydroxyl groups is 1. The molecular weight excluding hydrogens is 285 g/mol. The number of ether oxygens (including phenoxy) is 1. The van der Waals surface area contributed by atoms with Crippen LogP contribution in [-0.4, -0.2) is 24.2 Å². The summed E-state index contributed by atoms with van der Waals surface area (Å²) >= 11 is 0. The van der Waals surface area contributed by atoms with Gasteiger partial charge in [0.15, 0.2) is 11.6 Å². The van der Waals surface area contributed by atoms with E-state index in [0.717, 1.165) is 5.56 Å². The fourth-order valence-corrected chi connectivity index (χ4v) is 1.94. The van der Waals surface area contributed by atoms with E-state index >= 15 is 0 Å². The standard InChI is InChI=1S/C17H18FNO3/c1-12-7-8-15(20)13(11-12)17(21)19-9-4-10-22-16-6-3-2-5-14(16)18/h2-3,5-8,11,20H,4,9-10H2,1H3,(H,19,21). The summed E-state index contributed by atoms with van der Waals surface area (Å²) in [5.74, 6) is -0.598. The van der Waals surface area contributed by atoms with Gasteiger partial charge in [0.25, 0.3) is 5.91 Å². The summed E-state index contributed by atoms with van der Waals surface area (Å²) in [6.45, 7) is 2.51. The molecule has 2 rings (SSSR count). The summed E-state index contributed by atoms with van der Waals surface area (Å²) < 4.78 is 18.6. The lowest BCUT2D eigenvalue weighted by molar-refractivity contribution is 0.0948. The zero-order chi connectivity index (χ0) is 15.9. The number of carbonyl (C=O) groups excluding carboxylic acids is 1. The largest absolute Gasteiger partial charge is 0.507 e. The molecule has 0 aliphatic carbocycles. The van der Waals surface area contributed by atoms with Crippen molar-refractivity contribution in [1.29, 1.82) is 0 Å². The average Bonchev–Trinajstić information content (AvgIpc) is 2.51. The lowest BCUT2D eigenvalue weighted by Gasteiger charge is -2.09. The number of hydrogen-bond acceptors (Lipinski definition) is 3. The third-order valence-corrected chi connectivity index (χ3v) is 3.10. The van der Waals surface area contributed by atoms with E-state index in [9.17, 15) is 14.3 Å². The van der Waals surface area contributed by atoms with Crippen LogP contribution in [0.3, 0.4) is 0 Å². The number of amides is 1. The molecule has 116 valence electrons. The Labute approximate surface area is 128 Å². The number of aryl methyl sites for hydroxylation is 1. The number of carbonyl (C=O) groups is 1. The lowest BCUT2D eigenvalue weighted by atomic mass is 10.1. The van der Waals surface area contributed by atoms with E-state index in [2.05, 4.69) is 5.32 Å². The molecule has 0 heterocycles. The molecule has 0 aromatic heterocycles. The Morgan fingerprint density at radius 2 is 2.05 bits per heavy atom. The molecule has 2 aromatic carbocycles. The van der Waals surface area contributed by atoms with Crippen molar-refractivity contribution in [2.45, 2.75) is 13.3 Å². The highest BCUT2D eigenvalue weighted by Gasteiger charge is 2.10. The van der Waals surface area contributed by atoms with Gasteiger partial charge in [-0.05, 0) is 37.6 Å². The van der Waals surface area contributed by atoms with Crippen LogP contribution < -0.4 is 10.1 Å². The van der Waals surface area contributed by atoms with Gasteiger partial charge < -0.3 is 15.2 Å². The van der Waals surface area contributed by atoms with E-state index in [1.165, 1.54) is 12.1 Å². The van der Waals surface area contributed by atoms with Gasteiger partial charge in [0, 0.05) is 6.54 Å². The molecule has 22 heavy (non-hydrogen) atoms. The highest BCUT2D eigenvalue weighted by Crippen LogP contribution is 2.18. The second-order valence-electron chi connectivity index (χ2n) is 4.91. The Kier molecular flexibility index (Phi) is 5.36. The van der Waals surface area contributed by atoms with Crippen molar-refractivity contribution in [3.05, 3.63) is 59.4 Å². The Morgan fingerprint density at radius 3 is 2.82 bits per heavy atom. The van der Waals surface area contributed by atoms with Gasteiger partial charge in [-0.1, -0.05) is 23.8 Å². The molecule has 0 aliphatic heterocycles. The normalized spacial score (nSPS) is 10.3. The van der Waals surface area contributed by atoms with Gasteiger partial charge in [0.05, 0.1) is 12.2 Å². The van der Waals surface area contributed by atoms with Crippen LogP contribution in [0.5, 0.6) is 11.5 Å². The minimum absolute atomic E-state index is 0.0503. The molecule has 0 bridgehead atoms. The molecular formula is C17H18FNO3. The Hall–Kier alpha value is -2.56. The van der Waals surface area contributed by atoms with Crippen LogP contribution in [0.4, 0.5) is 4.39 Å². The third-order valence-electron chi connectivity index (χ3n) is 3.10. The molecule has 0 aliphatic rings. The number of hydrogen-bond donors (Lipinski definition) is 2. The molecule has 0 unspecified atom stereocenters. The van der Waals surface area contributed by atoms with E-state index in [-0.39, 0.29) is 23.0 Å². The van der Waals surface area contributed by atoms with Crippen LogP contribution in [0.15, 0.2) is 42.5 Å². The molecule has 0 atom stereocenters. The van der Waals surface area contributed by atoms with Gasteiger partial charge in [-0.3, -0.25) is 4.79 Å². The van der Waals surface area contributed by atoms with E-state index in [1.54, 1.807) is 30.3 Å². The van der Waals surface area contributed by atoms with Crippen molar-refractivity contribution in [2.24, 2.45) is 0 Å². The van der Waals surface area contributed by atoms with Crippen molar-refractivity contribution in [3.63, 3.8) is 0 Å². The maximum Gasteiger partial charge on any atom is 0.255 e. The highest BCUT2D eigenvalue weighted by atomic mass is 19.1. The number of para-hydroxylation sites is 1. The predicted molar refractivity (Wildman–Crippen MR) is 81.7 cm³/mol. The van der Waals surface area contributed by atoms with E-state index in [4.69, 9.17) is 4.74 Å². The number of phenolic OH excluding ortho intramolecular Hbond substituents is 1. The Balaban J connectivity index is 1.76. The Morgan fingerprint density at radius 1 is 1.27 bits per heavy atom. The first-order chi connectivity index (χ1) is 10.6. The number of nitrogens with one attached hydrogen (secondary N) is 1. The van der Waals surface area contributed by atoms with Gasteiger partial charge >= 0.3 is 0 Å². The monoisotopic (exact) mass is 303 g/mol. The summed E-state index contributed by atoms with van der Waals surface area (Å²) in [7, 11) is 0. The predicted octanol–water partition coefficient (Wildman–Crippen LogP) is 3.04. The lowest BCUT2D eigenvalue weighted by Crippen LogP contribution is -2.25. The van der Waals surface area contributed by atoms with Gasteiger partial charge in [-0.2, -0.15) is 0 Å². The van der Waals surface area contributed by atoms with Crippen molar-refractivity contribution in [3.8, 4) is 11.5 Å². The smallest absolute Gasteiger partial charge is 0.255 e.